The first-order valence-corrected chi connectivity index (χ1v) is 21.7. The van der Waals surface area contributed by atoms with E-state index in [1.54, 1.807) is 0 Å². The second-order valence-corrected chi connectivity index (χ2v) is 16.7. The summed E-state index contributed by atoms with van der Waals surface area (Å²) in [7, 11) is 0. The molecule has 0 N–H and O–H groups in total. The summed E-state index contributed by atoms with van der Waals surface area (Å²) in [5, 5.41) is 3.61. The molecule has 5 nitrogen and oxygen atoms in total. The number of hydrogen-bond donors (Lipinski definition) is 0. The summed E-state index contributed by atoms with van der Waals surface area (Å²) in [6, 6.07) is 70.4. The van der Waals surface area contributed by atoms with Crippen LogP contribution in [0.2, 0.25) is 0 Å². The Morgan fingerprint density at radius 1 is 0.397 bits per heavy atom. The van der Waals surface area contributed by atoms with Gasteiger partial charge in [0.2, 0.25) is 0 Å². The van der Waals surface area contributed by atoms with Crippen molar-refractivity contribution in [1.82, 2.24) is 19.9 Å². The van der Waals surface area contributed by atoms with Gasteiger partial charge in [0.05, 0.1) is 16.9 Å². The maximum atomic E-state index is 5.38. The number of hydrogen-bond acceptors (Lipinski definition) is 5. The van der Waals surface area contributed by atoms with Gasteiger partial charge in [-0.3, -0.25) is 4.99 Å². The minimum atomic E-state index is 0.209. The predicted molar refractivity (Wildman–Crippen MR) is 260 cm³/mol. The first kappa shape index (κ1) is 38.1. The molecular formula is C58H43N5. The largest absolute Gasteiger partial charge is 0.255 e. The van der Waals surface area contributed by atoms with Gasteiger partial charge < -0.3 is 0 Å². The van der Waals surface area contributed by atoms with E-state index in [1.165, 1.54) is 33.2 Å². The molecule has 3 heterocycles. The molecule has 1 aliphatic rings. The van der Waals surface area contributed by atoms with Crippen LogP contribution in [0.5, 0.6) is 0 Å². The van der Waals surface area contributed by atoms with Gasteiger partial charge in [0.25, 0.3) is 0 Å². The number of aliphatic imine (C=N–C) groups is 1. The van der Waals surface area contributed by atoms with E-state index >= 15 is 0 Å². The van der Waals surface area contributed by atoms with Crippen LogP contribution in [0.3, 0.4) is 0 Å². The van der Waals surface area contributed by atoms with E-state index in [-0.39, 0.29) is 5.92 Å². The summed E-state index contributed by atoms with van der Waals surface area (Å²) < 4.78 is 0. The highest BCUT2D eigenvalue weighted by molar-refractivity contribution is 6.00. The number of benzene rings is 8. The Morgan fingerprint density at radius 2 is 0.905 bits per heavy atom. The fraction of sp³-hybridized carbons (Fsp3) is 0.0862. The van der Waals surface area contributed by atoms with Crippen LogP contribution in [-0.4, -0.2) is 25.6 Å². The van der Waals surface area contributed by atoms with Crippen molar-refractivity contribution in [2.45, 2.75) is 26.2 Å². The molecule has 1 unspecified atom stereocenters. The van der Waals surface area contributed by atoms with E-state index in [1.807, 2.05) is 36.4 Å². The van der Waals surface area contributed by atoms with Crippen molar-refractivity contribution in [3.05, 3.63) is 211 Å². The van der Waals surface area contributed by atoms with E-state index < -0.39 is 0 Å². The first-order chi connectivity index (χ1) is 31.0. The highest BCUT2D eigenvalue weighted by Gasteiger charge is 2.28. The summed E-state index contributed by atoms with van der Waals surface area (Å²) in [5.74, 6) is 2.44. The minimum Gasteiger partial charge on any atom is -0.255 e. The number of fused-ring (bicyclic) bond motifs is 4. The molecule has 0 saturated heterocycles. The third kappa shape index (κ3) is 7.48. The van der Waals surface area contributed by atoms with E-state index in [4.69, 9.17) is 24.9 Å². The van der Waals surface area contributed by atoms with Gasteiger partial charge in [-0.25, -0.2) is 19.9 Å². The molecule has 0 amide bonds. The fourth-order valence-electron chi connectivity index (χ4n) is 8.81. The van der Waals surface area contributed by atoms with Gasteiger partial charge in [-0.15, -0.1) is 0 Å². The predicted octanol–water partition coefficient (Wildman–Crippen LogP) is 14.8. The van der Waals surface area contributed by atoms with Gasteiger partial charge in [-0.2, -0.15) is 0 Å². The number of aromatic nitrogens is 4. The lowest BCUT2D eigenvalue weighted by Crippen LogP contribution is -2.18. The molecule has 0 spiro atoms. The molecule has 5 heteroatoms. The molecule has 0 fully saturated rings. The smallest absolute Gasteiger partial charge is 0.164 e. The molecule has 1 aliphatic heterocycles. The second-order valence-electron chi connectivity index (χ2n) is 16.7. The quantitative estimate of drug-likeness (QED) is 0.153. The molecule has 8 aromatic carbocycles. The van der Waals surface area contributed by atoms with E-state index in [0.29, 0.717) is 23.4 Å². The molecule has 2 aromatic heterocycles. The number of pyridine rings is 1. The summed E-state index contributed by atoms with van der Waals surface area (Å²) >= 11 is 0. The molecule has 300 valence electrons. The lowest BCUT2D eigenvalue weighted by Gasteiger charge is -2.28. The Hall–Kier alpha value is -7.89. The fourth-order valence-corrected chi connectivity index (χ4v) is 8.81. The van der Waals surface area contributed by atoms with Crippen LogP contribution in [0, 0.1) is 5.92 Å². The molecule has 0 radical (unpaired) electrons. The second kappa shape index (κ2) is 16.2. The van der Waals surface area contributed by atoms with Crippen molar-refractivity contribution in [3.63, 3.8) is 0 Å². The Morgan fingerprint density at radius 3 is 1.57 bits per heavy atom. The van der Waals surface area contributed by atoms with Crippen molar-refractivity contribution in [3.8, 4) is 67.7 Å². The van der Waals surface area contributed by atoms with E-state index in [0.717, 1.165) is 67.6 Å². The van der Waals surface area contributed by atoms with Crippen LogP contribution >= 0.6 is 0 Å². The van der Waals surface area contributed by atoms with Crippen LogP contribution in [0.1, 0.15) is 37.3 Å². The van der Waals surface area contributed by atoms with Gasteiger partial charge in [0, 0.05) is 39.3 Å². The van der Waals surface area contributed by atoms with Crippen molar-refractivity contribution in [2.24, 2.45) is 10.9 Å². The molecule has 1 atom stereocenters. The average Bonchev–Trinajstić information content (AvgIpc) is 3.36. The highest BCUT2D eigenvalue weighted by Crippen LogP contribution is 2.44. The summed E-state index contributed by atoms with van der Waals surface area (Å²) in [6.07, 6.45) is 0.903. The Balaban J connectivity index is 0.922. The van der Waals surface area contributed by atoms with Gasteiger partial charge >= 0.3 is 0 Å². The van der Waals surface area contributed by atoms with E-state index in [2.05, 4.69) is 178 Å². The molecular weight excluding hydrogens is 767 g/mol. The zero-order valence-corrected chi connectivity index (χ0v) is 35.2. The molecule has 0 aliphatic carbocycles. The molecule has 0 saturated carbocycles. The van der Waals surface area contributed by atoms with Crippen molar-refractivity contribution < 1.29 is 0 Å². The van der Waals surface area contributed by atoms with Crippen molar-refractivity contribution >= 4 is 33.1 Å². The third-order valence-electron chi connectivity index (χ3n) is 12.3. The van der Waals surface area contributed by atoms with Crippen molar-refractivity contribution in [2.75, 3.05) is 0 Å². The SMILES string of the molecule is CC(C)C1=Nc2c(ccc3ccc(-c4cccc(-c5ccc(-c6nc(-c7ccccc7)nc(-c7ccc(-c8ccccc8)cc7)n6)cc5)c4)nc23)C(c2ccc3ccccc3c2)C1. The molecule has 63 heavy (non-hydrogen) atoms. The summed E-state index contributed by atoms with van der Waals surface area (Å²) in [6.45, 7) is 4.50. The van der Waals surface area contributed by atoms with Crippen LogP contribution < -0.4 is 0 Å². The monoisotopic (exact) mass is 809 g/mol. The van der Waals surface area contributed by atoms with Gasteiger partial charge in [0.1, 0.15) is 0 Å². The zero-order chi connectivity index (χ0) is 42.3. The Kier molecular flexibility index (Phi) is 9.78. The van der Waals surface area contributed by atoms with Gasteiger partial charge in [-0.05, 0) is 68.6 Å². The van der Waals surface area contributed by atoms with Crippen LogP contribution in [0.4, 0.5) is 5.69 Å². The van der Waals surface area contributed by atoms with Gasteiger partial charge in [0.15, 0.2) is 17.5 Å². The molecule has 10 aromatic rings. The maximum absolute atomic E-state index is 5.38. The van der Waals surface area contributed by atoms with E-state index in [9.17, 15) is 0 Å². The topological polar surface area (TPSA) is 63.9 Å². The highest BCUT2D eigenvalue weighted by atomic mass is 15.0. The first-order valence-electron chi connectivity index (χ1n) is 21.7. The number of rotatable bonds is 8. The molecule has 0 bridgehead atoms. The Labute approximate surface area is 367 Å². The lowest BCUT2D eigenvalue weighted by atomic mass is 9.80. The van der Waals surface area contributed by atoms with Gasteiger partial charge in [-0.1, -0.05) is 202 Å². The summed E-state index contributed by atoms with van der Waals surface area (Å²) in [4.78, 5) is 25.7. The maximum Gasteiger partial charge on any atom is 0.164 e. The minimum absolute atomic E-state index is 0.209. The normalized spacial score (nSPS) is 13.6. The average molecular weight is 810 g/mol. The van der Waals surface area contributed by atoms with Crippen LogP contribution in [0.25, 0.3) is 89.4 Å². The van der Waals surface area contributed by atoms with Crippen molar-refractivity contribution in [1.29, 1.82) is 0 Å². The lowest BCUT2D eigenvalue weighted by molar-refractivity contribution is 0.770. The third-order valence-corrected chi connectivity index (χ3v) is 12.3. The Bertz CT molecular complexity index is 3320. The summed E-state index contributed by atoms with van der Waals surface area (Å²) in [5.41, 5.74) is 15.0. The standard InChI is InChI=1S/C58H43N5/c1-37(2)53-36-51(48-29-24-39-14-9-10-17-46(39)34-48)50-32-30-42-31-33-52(59-54(42)55(50)60-53)49-19-11-18-47(35-49)41-22-27-45(28-23-41)58-62-56(43-15-7-4-8-16-43)61-57(63-58)44-25-20-40(21-26-44)38-12-5-3-6-13-38/h3-35,37,51H,36H2,1-2H3. The van der Waals surface area contributed by atoms with Crippen LogP contribution in [0.15, 0.2) is 205 Å². The van der Waals surface area contributed by atoms with Crippen LogP contribution in [-0.2, 0) is 0 Å². The zero-order valence-electron chi connectivity index (χ0n) is 35.2. The number of nitrogens with zero attached hydrogens (tertiary/aromatic N) is 5. The molecule has 11 rings (SSSR count).